The van der Waals surface area contributed by atoms with Crippen molar-refractivity contribution < 1.29 is 9.47 Å². The molecule has 16 heavy (non-hydrogen) atoms. The summed E-state index contributed by atoms with van der Waals surface area (Å²) >= 11 is 3.44. The molecule has 1 aliphatic carbocycles. The molecule has 1 fully saturated rings. The first-order valence-corrected chi connectivity index (χ1v) is 6.17. The highest BCUT2D eigenvalue weighted by Crippen LogP contribution is 2.33. The summed E-state index contributed by atoms with van der Waals surface area (Å²) in [5, 5.41) is 3.47. The van der Waals surface area contributed by atoms with Crippen molar-refractivity contribution in [2.24, 2.45) is 0 Å². The summed E-state index contributed by atoms with van der Waals surface area (Å²) < 4.78 is 11.7. The molecule has 3 nitrogen and oxygen atoms in total. The van der Waals surface area contributed by atoms with E-state index in [9.17, 15) is 0 Å². The zero-order valence-corrected chi connectivity index (χ0v) is 11.1. The van der Waals surface area contributed by atoms with E-state index in [1.807, 2.05) is 12.1 Å². The van der Waals surface area contributed by atoms with Gasteiger partial charge in [-0.1, -0.05) is 15.9 Å². The predicted molar refractivity (Wildman–Crippen MR) is 67.1 cm³/mol. The monoisotopic (exact) mass is 285 g/mol. The first-order valence-electron chi connectivity index (χ1n) is 5.38. The van der Waals surface area contributed by atoms with Crippen LogP contribution in [0.2, 0.25) is 0 Å². The van der Waals surface area contributed by atoms with Gasteiger partial charge in [-0.3, -0.25) is 0 Å². The Morgan fingerprint density at radius 1 is 1.25 bits per heavy atom. The van der Waals surface area contributed by atoms with Crippen molar-refractivity contribution >= 4 is 15.9 Å². The lowest BCUT2D eigenvalue weighted by atomic mass is 10.1. The van der Waals surface area contributed by atoms with Crippen molar-refractivity contribution in [2.75, 3.05) is 14.2 Å². The molecule has 2 rings (SSSR count). The van der Waals surface area contributed by atoms with Crippen LogP contribution in [0.15, 0.2) is 16.6 Å². The van der Waals surface area contributed by atoms with Gasteiger partial charge in [-0.05, 0) is 25.0 Å². The number of methoxy groups -OCH3 is 2. The molecule has 4 heteroatoms. The Morgan fingerprint density at radius 3 is 2.25 bits per heavy atom. The molecule has 1 N–H and O–H groups in total. The standard InChI is InChI=1S/C12H16BrNO2/c1-15-11-5-8(13)6-12(16-2)10(11)7-14-9-3-4-9/h5-6,9,14H,3-4,7H2,1-2H3. The van der Waals surface area contributed by atoms with E-state index in [-0.39, 0.29) is 0 Å². The number of rotatable bonds is 5. The number of benzene rings is 1. The van der Waals surface area contributed by atoms with E-state index in [4.69, 9.17) is 9.47 Å². The van der Waals surface area contributed by atoms with Gasteiger partial charge < -0.3 is 14.8 Å². The zero-order valence-electron chi connectivity index (χ0n) is 9.55. The number of halogens is 1. The summed E-state index contributed by atoms with van der Waals surface area (Å²) in [6.45, 7) is 0.796. The van der Waals surface area contributed by atoms with Gasteiger partial charge in [0.1, 0.15) is 11.5 Å². The van der Waals surface area contributed by atoms with Gasteiger partial charge in [0, 0.05) is 22.6 Å². The smallest absolute Gasteiger partial charge is 0.128 e. The molecule has 1 aliphatic rings. The quantitative estimate of drug-likeness (QED) is 0.902. The van der Waals surface area contributed by atoms with Crippen LogP contribution in [0.3, 0.4) is 0 Å². The third kappa shape index (κ3) is 2.68. The maximum absolute atomic E-state index is 5.37. The Balaban J connectivity index is 2.22. The molecule has 0 aromatic heterocycles. The zero-order chi connectivity index (χ0) is 11.5. The van der Waals surface area contributed by atoms with Gasteiger partial charge >= 0.3 is 0 Å². The molecule has 1 saturated carbocycles. The Hall–Kier alpha value is -0.740. The van der Waals surface area contributed by atoms with Crippen LogP contribution in [0.25, 0.3) is 0 Å². The minimum absolute atomic E-state index is 0.679. The van der Waals surface area contributed by atoms with Gasteiger partial charge in [-0.2, -0.15) is 0 Å². The minimum atomic E-state index is 0.679. The van der Waals surface area contributed by atoms with Crippen LogP contribution in [0.5, 0.6) is 11.5 Å². The third-order valence-electron chi connectivity index (χ3n) is 2.72. The van der Waals surface area contributed by atoms with Crippen molar-refractivity contribution in [2.45, 2.75) is 25.4 Å². The first-order chi connectivity index (χ1) is 7.74. The van der Waals surface area contributed by atoms with E-state index in [0.717, 1.165) is 28.1 Å². The van der Waals surface area contributed by atoms with E-state index in [0.29, 0.717) is 6.04 Å². The molecular formula is C12H16BrNO2. The fourth-order valence-electron chi connectivity index (χ4n) is 1.66. The van der Waals surface area contributed by atoms with Crippen LogP contribution in [0, 0.1) is 0 Å². The van der Waals surface area contributed by atoms with Gasteiger partial charge in [0.05, 0.1) is 14.2 Å². The SMILES string of the molecule is COc1cc(Br)cc(OC)c1CNC1CC1. The molecule has 0 heterocycles. The van der Waals surface area contributed by atoms with Crippen LogP contribution >= 0.6 is 15.9 Å². The van der Waals surface area contributed by atoms with Crippen molar-refractivity contribution in [1.82, 2.24) is 5.32 Å². The van der Waals surface area contributed by atoms with Gasteiger partial charge in [-0.15, -0.1) is 0 Å². The van der Waals surface area contributed by atoms with Crippen LogP contribution in [-0.4, -0.2) is 20.3 Å². The Morgan fingerprint density at radius 2 is 1.81 bits per heavy atom. The Bertz CT molecular complexity index is 352. The second-order valence-electron chi connectivity index (χ2n) is 3.94. The largest absolute Gasteiger partial charge is 0.496 e. The van der Waals surface area contributed by atoms with Crippen LogP contribution in [0.1, 0.15) is 18.4 Å². The molecule has 88 valence electrons. The second-order valence-corrected chi connectivity index (χ2v) is 4.86. The van der Waals surface area contributed by atoms with E-state index in [2.05, 4.69) is 21.2 Å². The van der Waals surface area contributed by atoms with Gasteiger partial charge in [-0.25, -0.2) is 0 Å². The molecule has 0 bridgehead atoms. The van der Waals surface area contributed by atoms with Crippen LogP contribution < -0.4 is 14.8 Å². The highest BCUT2D eigenvalue weighted by Gasteiger charge is 2.22. The normalized spacial score (nSPS) is 14.9. The van der Waals surface area contributed by atoms with Crippen molar-refractivity contribution in [1.29, 1.82) is 0 Å². The average Bonchev–Trinajstić information content (AvgIpc) is 3.10. The number of ether oxygens (including phenoxy) is 2. The van der Waals surface area contributed by atoms with Gasteiger partial charge in [0.25, 0.3) is 0 Å². The molecule has 0 spiro atoms. The molecule has 1 aromatic carbocycles. The predicted octanol–water partition coefficient (Wildman–Crippen LogP) is 2.72. The van der Waals surface area contributed by atoms with Crippen LogP contribution in [0.4, 0.5) is 0 Å². The van der Waals surface area contributed by atoms with Crippen molar-refractivity contribution in [3.63, 3.8) is 0 Å². The third-order valence-corrected chi connectivity index (χ3v) is 3.18. The average molecular weight is 286 g/mol. The van der Waals surface area contributed by atoms with E-state index in [1.165, 1.54) is 12.8 Å². The lowest BCUT2D eigenvalue weighted by Gasteiger charge is -2.14. The maximum Gasteiger partial charge on any atom is 0.128 e. The van der Waals surface area contributed by atoms with Crippen molar-refractivity contribution in [3.8, 4) is 11.5 Å². The first kappa shape index (κ1) is 11.7. The molecular weight excluding hydrogens is 270 g/mol. The van der Waals surface area contributed by atoms with E-state index in [1.54, 1.807) is 14.2 Å². The van der Waals surface area contributed by atoms with Gasteiger partial charge in [0.2, 0.25) is 0 Å². The lowest BCUT2D eigenvalue weighted by Crippen LogP contribution is -2.16. The highest BCUT2D eigenvalue weighted by molar-refractivity contribution is 9.10. The lowest BCUT2D eigenvalue weighted by molar-refractivity contribution is 0.381. The summed E-state index contributed by atoms with van der Waals surface area (Å²) in [7, 11) is 3.36. The summed E-state index contributed by atoms with van der Waals surface area (Å²) in [5.41, 5.74) is 1.08. The highest BCUT2D eigenvalue weighted by atomic mass is 79.9. The molecule has 0 atom stereocenters. The summed E-state index contributed by atoms with van der Waals surface area (Å²) in [6.07, 6.45) is 2.56. The minimum Gasteiger partial charge on any atom is -0.496 e. The molecule has 0 unspecified atom stereocenters. The summed E-state index contributed by atoms with van der Waals surface area (Å²) in [6, 6.07) is 4.61. The molecule has 0 aliphatic heterocycles. The number of hydrogen-bond donors (Lipinski definition) is 1. The maximum atomic E-state index is 5.37. The molecule has 0 amide bonds. The summed E-state index contributed by atoms with van der Waals surface area (Å²) in [4.78, 5) is 0. The van der Waals surface area contributed by atoms with Crippen molar-refractivity contribution in [3.05, 3.63) is 22.2 Å². The van der Waals surface area contributed by atoms with Gasteiger partial charge in [0.15, 0.2) is 0 Å². The molecule has 0 radical (unpaired) electrons. The molecule has 0 saturated heterocycles. The topological polar surface area (TPSA) is 30.5 Å². The Labute approximate surface area is 104 Å². The van der Waals surface area contributed by atoms with Crippen LogP contribution in [-0.2, 0) is 6.54 Å². The number of hydrogen-bond acceptors (Lipinski definition) is 3. The molecule has 1 aromatic rings. The second kappa shape index (κ2) is 5.06. The van der Waals surface area contributed by atoms with E-state index < -0.39 is 0 Å². The summed E-state index contributed by atoms with van der Waals surface area (Å²) in [5.74, 6) is 1.72. The fraction of sp³-hybridized carbons (Fsp3) is 0.500. The Kier molecular flexibility index (Phi) is 3.71. The fourth-order valence-corrected chi connectivity index (χ4v) is 2.08. The van der Waals surface area contributed by atoms with E-state index >= 15 is 0 Å². The number of nitrogens with one attached hydrogen (secondary N) is 1.